The third kappa shape index (κ3) is 3.37. The molecule has 0 saturated carbocycles. The summed E-state index contributed by atoms with van der Waals surface area (Å²) in [6, 6.07) is 3.85. The van der Waals surface area contributed by atoms with Gasteiger partial charge in [0, 0.05) is 24.8 Å². The quantitative estimate of drug-likeness (QED) is 0.816. The normalized spacial score (nSPS) is 11.6. The Kier molecular flexibility index (Phi) is 3.74. The van der Waals surface area contributed by atoms with Crippen LogP contribution < -0.4 is 10.6 Å². The molecule has 0 unspecified atom stereocenters. The smallest absolute Gasteiger partial charge is 0.366 e. The minimum Gasteiger partial charge on any atom is -0.366 e. The lowest BCUT2D eigenvalue weighted by Gasteiger charge is -2.21. The maximum Gasteiger partial charge on any atom is 0.405 e. The number of nitrogens with two attached hydrogens (primary N) is 1. The SMILES string of the molecule is CN(CC(F)(F)F)c1ccc(CN)c(F)c1. The zero-order valence-corrected chi connectivity index (χ0v) is 8.68. The van der Waals surface area contributed by atoms with Crippen molar-refractivity contribution in [3.63, 3.8) is 0 Å². The summed E-state index contributed by atoms with van der Waals surface area (Å²) in [4.78, 5) is 0.934. The van der Waals surface area contributed by atoms with Crippen molar-refractivity contribution in [2.45, 2.75) is 12.7 Å². The van der Waals surface area contributed by atoms with E-state index >= 15 is 0 Å². The maximum absolute atomic E-state index is 13.3. The van der Waals surface area contributed by atoms with E-state index in [1.54, 1.807) is 0 Å². The topological polar surface area (TPSA) is 29.3 Å². The van der Waals surface area contributed by atoms with Crippen molar-refractivity contribution < 1.29 is 17.6 Å². The van der Waals surface area contributed by atoms with E-state index in [4.69, 9.17) is 5.73 Å². The van der Waals surface area contributed by atoms with Gasteiger partial charge in [0.05, 0.1) is 0 Å². The van der Waals surface area contributed by atoms with Crippen LogP contribution in [-0.2, 0) is 6.54 Å². The average Bonchev–Trinajstić information content (AvgIpc) is 2.15. The molecule has 90 valence electrons. The fourth-order valence-electron chi connectivity index (χ4n) is 1.30. The second-order valence-electron chi connectivity index (χ2n) is 3.45. The standard InChI is InChI=1S/C10H12F4N2/c1-16(6-10(12,13)14)8-3-2-7(5-15)9(11)4-8/h2-4H,5-6,15H2,1H3. The highest BCUT2D eigenvalue weighted by Crippen LogP contribution is 2.22. The number of hydrogen-bond acceptors (Lipinski definition) is 2. The van der Waals surface area contributed by atoms with Crippen molar-refractivity contribution in [2.75, 3.05) is 18.5 Å². The molecule has 0 saturated heterocycles. The molecule has 0 aliphatic rings. The van der Waals surface area contributed by atoms with Gasteiger partial charge in [-0.3, -0.25) is 0 Å². The Labute approximate surface area is 90.7 Å². The van der Waals surface area contributed by atoms with E-state index in [-0.39, 0.29) is 17.8 Å². The predicted octanol–water partition coefficient (Wildman–Crippen LogP) is 2.28. The van der Waals surface area contributed by atoms with Crippen molar-refractivity contribution in [2.24, 2.45) is 5.73 Å². The Hall–Kier alpha value is -1.30. The maximum atomic E-state index is 13.3. The van der Waals surface area contributed by atoms with Crippen LogP contribution in [0, 0.1) is 5.82 Å². The molecule has 2 nitrogen and oxygen atoms in total. The van der Waals surface area contributed by atoms with Gasteiger partial charge >= 0.3 is 6.18 Å². The van der Waals surface area contributed by atoms with Crippen molar-refractivity contribution in [3.8, 4) is 0 Å². The van der Waals surface area contributed by atoms with Crippen molar-refractivity contribution in [1.29, 1.82) is 0 Å². The summed E-state index contributed by atoms with van der Waals surface area (Å²) in [7, 11) is 1.25. The van der Waals surface area contributed by atoms with Crippen LogP contribution in [0.3, 0.4) is 0 Å². The van der Waals surface area contributed by atoms with Gasteiger partial charge in [0.25, 0.3) is 0 Å². The first-order chi connectivity index (χ1) is 7.33. The number of hydrogen-bond donors (Lipinski definition) is 1. The highest BCUT2D eigenvalue weighted by Gasteiger charge is 2.29. The van der Waals surface area contributed by atoms with Crippen LogP contribution >= 0.6 is 0 Å². The molecule has 0 aromatic heterocycles. The number of halogens is 4. The van der Waals surface area contributed by atoms with Gasteiger partial charge in [-0.1, -0.05) is 6.07 Å². The second kappa shape index (κ2) is 4.69. The third-order valence-electron chi connectivity index (χ3n) is 2.11. The average molecular weight is 236 g/mol. The molecule has 0 atom stereocenters. The molecular formula is C10H12F4N2. The molecule has 0 heterocycles. The van der Waals surface area contributed by atoms with E-state index in [1.165, 1.54) is 19.2 Å². The largest absolute Gasteiger partial charge is 0.405 e. The third-order valence-corrected chi connectivity index (χ3v) is 2.11. The van der Waals surface area contributed by atoms with E-state index in [0.29, 0.717) is 0 Å². The van der Waals surface area contributed by atoms with Gasteiger partial charge in [-0.15, -0.1) is 0 Å². The van der Waals surface area contributed by atoms with Crippen molar-refractivity contribution >= 4 is 5.69 Å². The van der Waals surface area contributed by atoms with Gasteiger partial charge in [0.1, 0.15) is 12.4 Å². The number of anilines is 1. The predicted molar refractivity (Wildman–Crippen MR) is 53.6 cm³/mol. The molecule has 0 aliphatic heterocycles. The molecule has 0 fully saturated rings. The molecule has 1 aromatic carbocycles. The fraction of sp³-hybridized carbons (Fsp3) is 0.400. The number of rotatable bonds is 3. The summed E-state index contributed by atoms with van der Waals surface area (Å²) in [5.74, 6) is -0.589. The molecule has 0 amide bonds. The molecule has 1 rings (SSSR count). The van der Waals surface area contributed by atoms with Crippen LogP contribution in [0.25, 0.3) is 0 Å². The minimum atomic E-state index is -4.31. The van der Waals surface area contributed by atoms with Crippen molar-refractivity contribution in [3.05, 3.63) is 29.6 Å². The van der Waals surface area contributed by atoms with E-state index in [9.17, 15) is 17.6 Å². The summed E-state index contributed by atoms with van der Waals surface area (Å²) in [6.07, 6.45) is -4.31. The Bertz CT molecular complexity index is 362. The van der Waals surface area contributed by atoms with Crippen LogP contribution in [0.15, 0.2) is 18.2 Å². The molecule has 1 aromatic rings. The summed E-state index contributed by atoms with van der Waals surface area (Å²) in [5.41, 5.74) is 5.70. The molecule has 0 spiro atoms. The van der Waals surface area contributed by atoms with Crippen LogP contribution in [0.2, 0.25) is 0 Å². The van der Waals surface area contributed by atoms with Gasteiger partial charge in [-0.25, -0.2) is 4.39 Å². The molecule has 16 heavy (non-hydrogen) atoms. The first-order valence-electron chi connectivity index (χ1n) is 4.60. The number of alkyl halides is 3. The zero-order valence-electron chi connectivity index (χ0n) is 8.68. The summed E-state index contributed by atoms with van der Waals surface area (Å²) < 4.78 is 49.5. The Morgan fingerprint density at radius 1 is 1.31 bits per heavy atom. The van der Waals surface area contributed by atoms with Crippen LogP contribution in [0.5, 0.6) is 0 Å². The highest BCUT2D eigenvalue weighted by atomic mass is 19.4. The molecule has 0 bridgehead atoms. The number of nitrogens with zero attached hydrogens (tertiary/aromatic N) is 1. The van der Waals surface area contributed by atoms with Crippen LogP contribution in [0.4, 0.5) is 23.2 Å². The molecule has 0 radical (unpaired) electrons. The van der Waals surface area contributed by atoms with E-state index < -0.39 is 18.5 Å². The van der Waals surface area contributed by atoms with Gasteiger partial charge in [-0.2, -0.15) is 13.2 Å². The summed E-state index contributed by atoms with van der Waals surface area (Å²) >= 11 is 0. The van der Waals surface area contributed by atoms with Crippen molar-refractivity contribution in [1.82, 2.24) is 0 Å². The van der Waals surface area contributed by atoms with Gasteiger partial charge in [0.15, 0.2) is 0 Å². The fourth-order valence-corrected chi connectivity index (χ4v) is 1.30. The zero-order chi connectivity index (χ0) is 12.3. The second-order valence-corrected chi connectivity index (χ2v) is 3.45. The first kappa shape index (κ1) is 12.8. The Balaban J connectivity index is 2.85. The lowest BCUT2D eigenvalue weighted by molar-refractivity contribution is -0.119. The molecule has 6 heteroatoms. The monoisotopic (exact) mass is 236 g/mol. The Morgan fingerprint density at radius 2 is 1.94 bits per heavy atom. The van der Waals surface area contributed by atoms with Gasteiger partial charge in [-0.05, 0) is 12.1 Å². The highest BCUT2D eigenvalue weighted by molar-refractivity contribution is 5.47. The first-order valence-corrected chi connectivity index (χ1v) is 4.60. The van der Waals surface area contributed by atoms with Gasteiger partial charge < -0.3 is 10.6 Å². The lowest BCUT2D eigenvalue weighted by Crippen LogP contribution is -2.30. The Morgan fingerprint density at radius 3 is 2.38 bits per heavy atom. The minimum absolute atomic E-state index is 0.0229. The van der Waals surface area contributed by atoms with E-state index in [1.807, 2.05) is 0 Å². The number of benzene rings is 1. The van der Waals surface area contributed by atoms with Crippen LogP contribution in [0.1, 0.15) is 5.56 Å². The molecule has 2 N–H and O–H groups in total. The molecule has 0 aliphatic carbocycles. The molecular weight excluding hydrogens is 224 g/mol. The summed E-state index contributed by atoms with van der Waals surface area (Å²) in [5, 5.41) is 0. The van der Waals surface area contributed by atoms with Gasteiger partial charge in [0.2, 0.25) is 0 Å². The van der Waals surface area contributed by atoms with E-state index in [2.05, 4.69) is 0 Å². The lowest BCUT2D eigenvalue weighted by atomic mass is 10.2. The van der Waals surface area contributed by atoms with E-state index in [0.717, 1.165) is 11.0 Å². The van der Waals surface area contributed by atoms with Crippen LogP contribution in [-0.4, -0.2) is 19.8 Å². The summed E-state index contributed by atoms with van der Waals surface area (Å²) in [6.45, 7) is -1.09.